The van der Waals surface area contributed by atoms with E-state index in [1.807, 2.05) is 6.92 Å². The number of imidazole rings is 1. The van der Waals surface area contributed by atoms with E-state index < -0.39 is 11.2 Å². The molecule has 0 fully saturated rings. The molecule has 0 saturated heterocycles. The molecular formula is C13H21N5O4. The van der Waals surface area contributed by atoms with Gasteiger partial charge in [0.1, 0.15) is 0 Å². The van der Waals surface area contributed by atoms with Crippen LogP contribution in [0.1, 0.15) is 13.3 Å². The predicted octanol–water partition coefficient (Wildman–Crippen LogP) is -1.39. The summed E-state index contributed by atoms with van der Waals surface area (Å²) in [5.41, 5.74) is -0.443. The number of nitrogens with zero attached hydrogens (tertiary/aromatic N) is 4. The number of fused-ring (bicyclic) bond motifs is 1. The molecule has 1 atom stereocenters. The molecular weight excluding hydrogens is 290 g/mol. The summed E-state index contributed by atoms with van der Waals surface area (Å²) >= 11 is 0. The van der Waals surface area contributed by atoms with Gasteiger partial charge in [0.05, 0.1) is 19.3 Å². The molecule has 0 radical (unpaired) electrons. The largest absolute Gasteiger partial charge is 0.395 e. The summed E-state index contributed by atoms with van der Waals surface area (Å²) < 4.78 is 3.83. The Hall–Kier alpha value is -2.13. The van der Waals surface area contributed by atoms with E-state index in [2.05, 4.69) is 10.3 Å². The Bertz CT molecular complexity index is 784. The van der Waals surface area contributed by atoms with E-state index in [-0.39, 0.29) is 37.0 Å². The molecule has 0 aliphatic carbocycles. The van der Waals surface area contributed by atoms with Crippen LogP contribution in [0.25, 0.3) is 11.2 Å². The van der Waals surface area contributed by atoms with Gasteiger partial charge in [0.2, 0.25) is 5.95 Å². The Morgan fingerprint density at radius 2 is 1.91 bits per heavy atom. The van der Waals surface area contributed by atoms with E-state index in [1.165, 1.54) is 23.2 Å². The van der Waals surface area contributed by atoms with Crippen LogP contribution in [0.15, 0.2) is 9.59 Å². The monoisotopic (exact) mass is 311 g/mol. The zero-order valence-corrected chi connectivity index (χ0v) is 12.9. The lowest BCUT2D eigenvalue weighted by Crippen LogP contribution is -2.37. The second-order valence-corrected chi connectivity index (χ2v) is 5.12. The van der Waals surface area contributed by atoms with Crippen molar-refractivity contribution in [3.05, 3.63) is 20.8 Å². The highest BCUT2D eigenvalue weighted by Gasteiger charge is 2.20. The SMILES string of the molecule is CC[C@H](CO)Nc1nc2c(c(=O)n(C)c(=O)n2C)n1CCO. The van der Waals surface area contributed by atoms with Crippen molar-refractivity contribution in [2.75, 3.05) is 18.5 Å². The Balaban J connectivity index is 2.75. The van der Waals surface area contributed by atoms with Crippen molar-refractivity contribution in [2.45, 2.75) is 25.9 Å². The average Bonchev–Trinajstić information content (AvgIpc) is 2.87. The number of aromatic nitrogens is 4. The number of hydrogen-bond donors (Lipinski definition) is 3. The molecule has 0 saturated carbocycles. The van der Waals surface area contributed by atoms with Gasteiger partial charge in [0, 0.05) is 20.6 Å². The third-order valence-electron chi connectivity index (χ3n) is 3.72. The first-order chi connectivity index (χ1) is 10.5. The molecule has 0 aliphatic rings. The molecule has 0 aromatic carbocycles. The normalized spacial score (nSPS) is 12.8. The molecule has 0 bridgehead atoms. The first kappa shape index (κ1) is 16.2. The zero-order chi connectivity index (χ0) is 16.4. The highest BCUT2D eigenvalue weighted by molar-refractivity contribution is 5.74. The molecule has 2 aromatic rings. The van der Waals surface area contributed by atoms with Crippen LogP contribution in [0, 0.1) is 0 Å². The van der Waals surface area contributed by atoms with Crippen LogP contribution in [0.5, 0.6) is 0 Å². The van der Waals surface area contributed by atoms with E-state index in [0.717, 1.165) is 4.57 Å². The molecule has 9 heteroatoms. The van der Waals surface area contributed by atoms with Crippen LogP contribution in [-0.4, -0.2) is 48.2 Å². The molecule has 0 aliphatic heterocycles. The zero-order valence-electron chi connectivity index (χ0n) is 12.9. The number of rotatable bonds is 6. The molecule has 2 rings (SSSR count). The van der Waals surface area contributed by atoms with Crippen molar-refractivity contribution in [3.63, 3.8) is 0 Å². The fourth-order valence-corrected chi connectivity index (χ4v) is 2.33. The van der Waals surface area contributed by atoms with Gasteiger partial charge in [-0.25, -0.2) is 4.79 Å². The van der Waals surface area contributed by atoms with Gasteiger partial charge in [-0.05, 0) is 6.42 Å². The Morgan fingerprint density at radius 3 is 2.45 bits per heavy atom. The quantitative estimate of drug-likeness (QED) is 0.605. The van der Waals surface area contributed by atoms with E-state index in [9.17, 15) is 19.8 Å². The second kappa shape index (κ2) is 6.32. The second-order valence-electron chi connectivity index (χ2n) is 5.12. The Labute approximate surface area is 126 Å². The molecule has 0 amide bonds. The van der Waals surface area contributed by atoms with Crippen molar-refractivity contribution >= 4 is 17.1 Å². The number of hydrogen-bond acceptors (Lipinski definition) is 6. The molecule has 122 valence electrons. The Morgan fingerprint density at radius 1 is 1.23 bits per heavy atom. The van der Waals surface area contributed by atoms with Crippen molar-refractivity contribution in [3.8, 4) is 0 Å². The van der Waals surface area contributed by atoms with Gasteiger partial charge in [0.15, 0.2) is 11.2 Å². The van der Waals surface area contributed by atoms with Crippen LogP contribution in [0.2, 0.25) is 0 Å². The topological polar surface area (TPSA) is 114 Å². The number of anilines is 1. The molecule has 0 spiro atoms. The van der Waals surface area contributed by atoms with Crippen molar-refractivity contribution < 1.29 is 10.2 Å². The number of aryl methyl sites for hydroxylation is 1. The first-order valence-electron chi connectivity index (χ1n) is 7.10. The van der Waals surface area contributed by atoms with Crippen molar-refractivity contribution in [2.24, 2.45) is 14.1 Å². The minimum atomic E-state index is -0.468. The standard InChI is InChI=1S/C13H21N5O4/c1-4-8(7-20)14-12-15-10-9(18(12)5-6-19)11(21)17(3)13(22)16(10)2/h8,19-20H,4-7H2,1-3H3,(H,14,15)/t8-/m1/s1. The molecule has 3 N–H and O–H groups in total. The van der Waals surface area contributed by atoms with Crippen LogP contribution in [0.3, 0.4) is 0 Å². The summed E-state index contributed by atoms with van der Waals surface area (Å²) in [6.45, 7) is 1.80. The van der Waals surface area contributed by atoms with Gasteiger partial charge in [-0.3, -0.25) is 13.9 Å². The van der Waals surface area contributed by atoms with Crippen molar-refractivity contribution in [1.29, 1.82) is 0 Å². The minimum absolute atomic E-state index is 0.0875. The van der Waals surface area contributed by atoms with Crippen LogP contribution in [-0.2, 0) is 20.6 Å². The molecule has 2 heterocycles. The van der Waals surface area contributed by atoms with Gasteiger partial charge >= 0.3 is 5.69 Å². The highest BCUT2D eigenvalue weighted by atomic mass is 16.3. The van der Waals surface area contributed by atoms with E-state index in [4.69, 9.17) is 0 Å². The average molecular weight is 311 g/mol. The lowest BCUT2D eigenvalue weighted by molar-refractivity contribution is 0.268. The maximum absolute atomic E-state index is 12.4. The number of aliphatic hydroxyl groups is 2. The number of aliphatic hydroxyl groups excluding tert-OH is 2. The lowest BCUT2D eigenvalue weighted by atomic mass is 10.2. The van der Waals surface area contributed by atoms with Crippen LogP contribution < -0.4 is 16.6 Å². The van der Waals surface area contributed by atoms with Gasteiger partial charge in [0.25, 0.3) is 5.56 Å². The summed E-state index contributed by atoms with van der Waals surface area (Å²) in [6.07, 6.45) is 0.662. The summed E-state index contributed by atoms with van der Waals surface area (Å²) in [6, 6.07) is -0.227. The van der Waals surface area contributed by atoms with Crippen LogP contribution in [0.4, 0.5) is 5.95 Å². The van der Waals surface area contributed by atoms with Gasteiger partial charge in [-0.15, -0.1) is 0 Å². The van der Waals surface area contributed by atoms with E-state index in [0.29, 0.717) is 12.4 Å². The minimum Gasteiger partial charge on any atom is -0.395 e. The highest BCUT2D eigenvalue weighted by Crippen LogP contribution is 2.16. The number of nitrogens with one attached hydrogen (secondary N) is 1. The maximum atomic E-state index is 12.4. The fourth-order valence-electron chi connectivity index (χ4n) is 2.33. The summed E-state index contributed by atoms with van der Waals surface area (Å²) in [5.74, 6) is 0.350. The first-order valence-corrected chi connectivity index (χ1v) is 7.10. The smallest absolute Gasteiger partial charge is 0.332 e. The third kappa shape index (κ3) is 2.53. The third-order valence-corrected chi connectivity index (χ3v) is 3.72. The summed E-state index contributed by atoms with van der Waals surface area (Å²) in [7, 11) is 2.93. The lowest BCUT2D eigenvalue weighted by Gasteiger charge is -2.15. The Kier molecular flexibility index (Phi) is 4.67. The molecule has 22 heavy (non-hydrogen) atoms. The van der Waals surface area contributed by atoms with Gasteiger partial charge in [-0.2, -0.15) is 4.98 Å². The van der Waals surface area contributed by atoms with E-state index in [1.54, 1.807) is 0 Å². The van der Waals surface area contributed by atoms with E-state index >= 15 is 0 Å². The molecule has 9 nitrogen and oxygen atoms in total. The predicted molar refractivity (Wildman–Crippen MR) is 82.1 cm³/mol. The van der Waals surface area contributed by atoms with Crippen molar-refractivity contribution in [1.82, 2.24) is 18.7 Å². The molecule has 0 unspecified atom stereocenters. The summed E-state index contributed by atoms with van der Waals surface area (Å²) in [5, 5.41) is 21.6. The van der Waals surface area contributed by atoms with Crippen LogP contribution >= 0.6 is 0 Å². The maximum Gasteiger partial charge on any atom is 0.332 e. The van der Waals surface area contributed by atoms with Gasteiger partial charge in [-0.1, -0.05) is 6.92 Å². The van der Waals surface area contributed by atoms with Gasteiger partial charge < -0.3 is 20.1 Å². The molecule has 2 aromatic heterocycles. The fraction of sp³-hybridized carbons (Fsp3) is 0.615. The summed E-state index contributed by atoms with van der Waals surface area (Å²) in [4.78, 5) is 28.7.